The van der Waals surface area contributed by atoms with Gasteiger partial charge in [-0.1, -0.05) is 197 Å². The molecular weight excluding hydrogens is 627 g/mol. The van der Waals surface area contributed by atoms with Crippen molar-refractivity contribution in [1.29, 1.82) is 0 Å². The number of carbonyl (C=O) groups is 1. The molecule has 0 aromatic heterocycles. The average Bonchev–Trinajstić information content (AvgIpc) is 3.13. The van der Waals surface area contributed by atoms with E-state index in [1.165, 1.54) is 167 Å². The first-order valence-corrected chi connectivity index (χ1v) is 22.4. The second-order valence-electron chi connectivity index (χ2n) is 15.1. The lowest BCUT2D eigenvalue weighted by molar-refractivity contribution is -0.123. The Morgan fingerprint density at radius 3 is 1.14 bits per heavy atom. The number of hydrogen-bond acceptors (Lipinski definition) is 3. The summed E-state index contributed by atoms with van der Waals surface area (Å²) in [5.74, 6) is -0.0806. The van der Waals surface area contributed by atoms with Crippen LogP contribution in [0.25, 0.3) is 0 Å². The van der Waals surface area contributed by atoms with Crippen molar-refractivity contribution >= 4 is 5.91 Å². The first-order chi connectivity index (χ1) is 25.2. The Morgan fingerprint density at radius 1 is 0.451 bits per heavy atom. The minimum absolute atomic E-state index is 0.0806. The van der Waals surface area contributed by atoms with Gasteiger partial charge in [-0.3, -0.25) is 4.79 Å². The molecule has 4 heteroatoms. The molecule has 0 aromatic rings. The standard InChI is InChI=1S/C47H87NO3/c1-3-5-7-9-11-13-15-17-19-21-23-25-26-28-30-32-34-36-38-40-42-46(50)45(44-49)48-47(51)43-41-39-37-35-33-31-29-27-24-22-20-18-16-14-12-10-8-6-4-2/h18,20,25-26,32,34,40,42,45-46,49-50H,3-17,19,21-24,27-31,33,35-39,41,43-44H2,1-2H3,(H,48,51)/b20-18-,26-25+,34-32+,42-40+. The van der Waals surface area contributed by atoms with Crippen molar-refractivity contribution in [2.75, 3.05) is 6.61 Å². The van der Waals surface area contributed by atoms with Gasteiger partial charge in [0.1, 0.15) is 0 Å². The summed E-state index contributed by atoms with van der Waals surface area (Å²) in [6.45, 7) is 4.29. The van der Waals surface area contributed by atoms with Crippen LogP contribution in [0.15, 0.2) is 48.6 Å². The Bertz CT molecular complexity index is 816. The molecule has 0 radical (unpaired) electrons. The van der Waals surface area contributed by atoms with Crippen LogP contribution in [-0.4, -0.2) is 34.9 Å². The van der Waals surface area contributed by atoms with Gasteiger partial charge in [-0.25, -0.2) is 0 Å². The van der Waals surface area contributed by atoms with E-state index in [1.807, 2.05) is 6.08 Å². The number of aliphatic hydroxyl groups is 2. The van der Waals surface area contributed by atoms with Gasteiger partial charge in [0.2, 0.25) is 5.91 Å². The second-order valence-corrected chi connectivity index (χ2v) is 15.1. The molecule has 0 spiro atoms. The van der Waals surface area contributed by atoms with E-state index in [-0.39, 0.29) is 12.5 Å². The zero-order chi connectivity index (χ0) is 37.1. The van der Waals surface area contributed by atoms with Crippen LogP contribution in [0, 0.1) is 0 Å². The largest absolute Gasteiger partial charge is 0.394 e. The Hall–Kier alpha value is -1.65. The van der Waals surface area contributed by atoms with Gasteiger partial charge in [-0.2, -0.15) is 0 Å². The summed E-state index contributed by atoms with van der Waals surface area (Å²) < 4.78 is 0. The van der Waals surface area contributed by atoms with E-state index in [4.69, 9.17) is 0 Å². The molecule has 0 bridgehead atoms. The molecule has 0 aliphatic heterocycles. The maximum Gasteiger partial charge on any atom is 0.220 e. The monoisotopic (exact) mass is 714 g/mol. The highest BCUT2D eigenvalue weighted by Crippen LogP contribution is 2.14. The smallest absolute Gasteiger partial charge is 0.220 e. The first kappa shape index (κ1) is 49.4. The van der Waals surface area contributed by atoms with E-state index in [0.29, 0.717) is 6.42 Å². The topological polar surface area (TPSA) is 69.6 Å². The Balaban J connectivity index is 3.64. The molecule has 3 N–H and O–H groups in total. The summed E-state index contributed by atoms with van der Waals surface area (Å²) in [4.78, 5) is 12.4. The van der Waals surface area contributed by atoms with Crippen LogP contribution >= 0.6 is 0 Å². The number of allylic oxidation sites excluding steroid dienone is 7. The summed E-state index contributed by atoms with van der Waals surface area (Å²) in [6.07, 6.45) is 57.9. The number of hydrogen-bond donors (Lipinski definition) is 3. The fourth-order valence-electron chi connectivity index (χ4n) is 6.56. The number of aliphatic hydroxyl groups excluding tert-OH is 2. The molecule has 0 aromatic carbocycles. The van der Waals surface area contributed by atoms with Crippen LogP contribution in [0.5, 0.6) is 0 Å². The van der Waals surface area contributed by atoms with Crippen LogP contribution in [0.1, 0.15) is 226 Å². The van der Waals surface area contributed by atoms with Crippen LogP contribution in [0.2, 0.25) is 0 Å². The van der Waals surface area contributed by atoms with E-state index in [0.717, 1.165) is 38.5 Å². The number of unbranched alkanes of at least 4 members (excludes halogenated alkanes) is 27. The highest BCUT2D eigenvalue weighted by molar-refractivity contribution is 5.76. The van der Waals surface area contributed by atoms with Crippen molar-refractivity contribution in [3.63, 3.8) is 0 Å². The van der Waals surface area contributed by atoms with Gasteiger partial charge in [0.05, 0.1) is 18.8 Å². The fraction of sp³-hybridized carbons (Fsp3) is 0.809. The summed E-state index contributed by atoms with van der Waals surface area (Å²) >= 11 is 0. The third kappa shape index (κ3) is 39.4. The fourth-order valence-corrected chi connectivity index (χ4v) is 6.56. The van der Waals surface area contributed by atoms with E-state index in [9.17, 15) is 15.0 Å². The summed E-state index contributed by atoms with van der Waals surface area (Å²) in [5.41, 5.74) is 0. The maximum absolute atomic E-state index is 12.4. The van der Waals surface area contributed by atoms with E-state index < -0.39 is 12.1 Å². The quantitative estimate of drug-likeness (QED) is 0.0437. The zero-order valence-corrected chi connectivity index (χ0v) is 34.1. The predicted octanol–water partition coefficient (Wildman–Crippen LogP) is 14.0. The van der Waals surface area contributed by atoms with Crippen molar-refractivity contribution in [3.8, 4) is 0 Å². The predicted molar refractivity (Wildman–Crippen MR) is 225 cm³/mol. The number of rotatable bonds is 40. The highest BCUT2D eigenvalue weighted by atomic mass is 16.3. The van der Waals surface area contributed by atoms with Crippen LogP contribution in [0.4, 0.5) is 0 Å². The molecule has 0 saturated carbocycles. The van der Waals surface area contributed by atoms with Crippen molar-refractivity contribution in [2.24, 2.45) is 0 Å². The first-order valence-electron chi connectivity index (χ1n) is 22.4. The molecule has 298 valence electrons. The minimum atomic E-state index is -0.871. The van der Waals surface area contributed by atoms with Crippen molar-refractivity contribution < 1.29 is 15.0 Å². The van der Waals surface area contributed by atoms with E-state index >= 15 is 0 Å². The van der Waals surface area contributed by atoms with Gasteiger partial charge >= 0.3 is 0 Å². The Kier molecular flexibility index (Phi) is 41.4. The molecule has 2 atom stereocenters. The zero-order valence-electron chi connectivity index (χ0n) is 34.1. The summed E-state index contributed by atoms with van der Waals surface area (Å²) in [6, 6.07) is -0.646. The molecule has 1 amide bonds. The maximum atomic E-state index is 12.4. The molecule has 0 fully saturated rings. The van der Waals surface area contributed by atoms with Crippen LogP contribution in [0.3, 0.4) is 0 Å². The SMILES string of the molecule is CCCCCCCC/C=C\CCCCCCCCCCCC(=O)NC(CO)C(O)/C=C/CC/C=C/CC/C=C/CCCCCCCCCCCC. The molecule has 4 nitrogen and oxygen atoms in total. The van der Waals surface area contributed by atoms with E-state index in [2.05, 4.69) is 55.6 Å². The third-order valence-corrected chi connectivity index (χ3v) is 10.0. The van der Waals surface area contributed by atoms with Gasteiger partial charge in [-0.05, 0) is 70.6 Å². The van der Waals surface area contributed by atoms with Crippen molar-refractivity contribution in [3.05, 3.63) is 48.6 Å². The molecule has 0 rings (SSSR count). The number of carbonyl (C=O) groups excluding carboxylic acids is 1. The molecular formula is C47H87NO3. The molecule has 0 heterocycles. The normalized spacial score (nSPS) is 13.4. The lowest BCUT2D eigenvalue weighted by Crippen LogP contribution is -2.45. The molecule has 0 aliphatic rings. The van der Waals surface area contributed by atoms with Gasteiger partial charge in [-0.15, -0.1) is 0 Å². The van der Waals surface area contributed by atoms with Crippen molar-refractivity contribution in [2.45, 2.75) is 238 Å². The molecule has 0 aliphatic carbocycles. The van der Waals surface area contributed by atoms with Gasteiger partial charge in [0.25, 0.3) is 0 Å². The van der Waals surface area contributed by atoms with Gasteiger partial charge in [0, 0.05) is 6.42 Å². The van der Waals surface area contributed by atoms with Crippen LogP contribution in [-0.2, 0) is 4.79 Å². The number of nitrogens with one attached hydrogen (secondary N) is 1. The molecule has 51 heavy (non-hydrogen) atoms. The average molecular weight is 714 g/mol. The molecule has 0 saturated heterocycles. The minimum Gasteiger partial charge on any atom is -0.394 e. The van der Waals surface area contributed by atoms with E-state index in [1.54, 1.807) is 6.08 Å². The second kappa shape index (κ2) is 42.8. The van der Waals surface area contributed by atoms with Gasteiger partial charge in [0.15, 0.2) is 0 Å². The third-order valence-electron chi connectivity index (χ3n) is 10.0. The Labute approximate surface area is 318 Å². The lowest BCUT2D eigenvalue weighted by atomic mass is 10.0. The van der Waals surface area contributed by atoms with Crippen molar-refractivity contribution in [1.82, 2.24) is 5.32 Å². The van der Waals surface area contributed by atoms with Crippen LogP contribution < -0.4 is 5.32 Å². The summed E-state index contributed by atoms with van der Waals surface area (Å²) in [5, 5.41) is 23.0. The Morgan fingerprint density at radius 2 is 0.765 bits per heavy atom. The molecule has 2 unspecified atom stereocenters. The highest BCUT2D eigenvalue weighted by Gasteiger charge is 2.17. The lowest BCUT2D eigenvalue weighted by Gasteiger charge is -2.19. The number of amides is 1. The van der Waals surface area contributed by atoms with Gasteiger partial charge < -0.3 is 15.5 Å². The summed E-state index contributed by atoms with van der Waals surface area (Å²) in [7, 11) is 0.